The Labute approximate surface area is 117 Å². The molecule has 1 aliphatic rings. The van der Waals surface area contributed by atoms with Crippen molar-refractivity contribution in [2.75, 3.05) is 32.0 Å². The summed E-state index contributed by atoms with van der Waals surface area (Å²) in [6, 6.07) is 0. The van der Waals surface area contributed by atoms with Crippen molar-refractivity contribution in [3.8, 4) is 0 Å². The Morgan fingerprint density at radius 2 is 2.21 bits per heavy atom. The Morgan fingerprint density at radius 3 is 2.79 bits per heavy atom. The van der Waals surface area contributed by atoms with E-state index in [0.717, 1.165) is 28.9 Å². The number of nitrogens with zero attached hydrogens (tertiary/aromatic N) is 2. The number of carbonyl (C=O) groups is 1. The van der Waals surface area contributed by atoms with Crippen LogP contribution in [-0.4, -0.2) is 47.6 Å². The van der Waals surface area contributed by atoms with E-state index < -0.39 is 5.97 Å². The number of nitrogens with one attached hydrogen (secondary N) is 1. The van der Waals surface area contributed by atoms with E-state index in [0.29, 0.717) is 0 Å². The van der Waals surface area contributed by atoms with Gasteiger partial charge < -0.3 is 15.3 Å². The highest BCUT2D eigenvalue weighted by Crippen LogP contribution is 2.23. The van der Waals surface area contributed by atoms with Gasteiger partial charge in [0.2, 0.25) is 0 Å². The van der Waals surface area contributed by atoms with Crippen molar-refractivity contribution < 1.29 is 9.90 Å². The number of anilines is 1. The zero-order valence-corrected chi connectivity index (χ0v) is 12.3. The molecule has 0 saturated carbocycles. The molecule has 2 heterocycles. The summed E-state index contributed by atoms with van der Waals surface area (Å²) in [5, 5.41) is 12.9. The molecule has 0 bridgehead atoms. The molecule has 0 radical (unpaired) electrons. The first-order valence-corrected chi connectivity index (χ1v) is 7.51. The maximum atomic E-state index is 10.9. The number of rotatable bonds is 5. The van der Waals surface area contributed by atoms with E-state index in [1.165, 1.54) is 37.3 Å². The van der Waals surface area contributed by atoms with Crippen LogP contribution in [0.1, 0.15) is 34.6 Å². The number of aromatic nitrogens is 1. The molecular formula is C13H21N3O2S. The van der Waals surface area contributed by atoms with Crippen molar-refractivity contribution >= 4 is 22.4 Å². The Balaban J connectivity index is 1.76. The second-order valence-corrected chi connectivity index (χ2v) is 6.39. The first-order chi connectivity index (χ1) is 9.06. The average molecular weight is 283 g/mol. The van der Waals surface area contributed by atoms with Gasteiger partial charge in [0.1, 0.15) is 0 Å². The minimum Gasteiger partial charge on any atom is -0.476 e. The van der Waals surface area contributed by atoms with Gasteiger partial charge in [-0.2, -0.15) is 0 Å². The number of carboxylic acid groups (broad SMARTS) is 1. The molecule has 0 unspecified atom stereocenters. The predicted octanol–water partition coefficient (Wildman–Crippen LogP) is 2.29. The van der Waals surface area contributed by atoms with Crippen LogP contribution in [0.4, 0.5) is 5.13 Å². The van der Waals surface area contributed by atoms with Crippen molar-refractivity contribution in [2.45, 2.75) is 26.2 Å². The summed E-state index contributed by atoms with van der Waals surface area (Å²) in [6.45, 7) is 5.04. The summed E-state index contributed by atoms with van der Waals surface area (Å²) in [6.07, 6.45) is 3.65. The summed E-state index contributed by atoms with van der Waals surface area (Å²) in [7, 11) is 2.17. The number of aryl methyl sites for hydroxylation is 1. The Morgan fingerprint density at radius 1 is 1.53 bits per heavy atom. The lowest BCUT2D eigenvalue weighted by atomic mass is 9.94. The van der Waals surface area contributed by atoms with Crippen LogP contribution in [0.25, 0.3) is 0 Å². The molecule has 1 aromatic heterocycles. The molecule has 19 heavy (non-hydrogen) atoms. The van der Waals surface area contributed by atoms with Gasteiger partial charge in [0.25, 0.3) is 0 Å². The van der Waals surface area contributed by atoms with E-state index in [1.807, 2.05) is 0 Å². The van der Waals surface area contributed by atoms with Crippen molar-refractivity contribution in [1.29, 1.82) is 0 Å². The van der Waals surface area contributed by atoms with E-state index in [9.17, 15) is 4.79 Å². The van der Waals surface area contributed by atoms with Crippen LogP contribution in [0, 0.1) is 12.8 Å². The number of carboxylic acids is 1. The third-order valence-corrected chi connectivity index (χ3v) is 4.59. The summed E-state index contributed by atoms with van der Waals surface area (Å²) in [4.78, 5) is 18.1. The number of hydrogen-bond donors (Lipinski definition) is 2. The summed E-state index contributed by atoms with van der Waals surface area (Å²) < 4.78 is 0. The van der Waals surface area contributed by atoms with Crippen LogP contribution in [0.3, 0.4) is 0 Å². The van der Waals surface area contributed by atoms with Crippen LogP contribution >= 0.6 is 11.3 Å². The first kappa shape index (κ1) is 14.3. The fraction of sp³-hybridized carbons (Fsp3) is 0.692. The van der Waals surface area contributed by atoms with Gasteiger partial charge in [0.15, 0.2) is 10.8 Å². The summed E-state index contributed by atoms with van der Waals surface area (Å²) >= 11 is 1.42. The van der Waals surface area contributed by atoms with E-state index >= 15 is 0 Å². The van der Waals surface area contributed by atoms with Crippen LogP contribution in [0.5, 0.6) is 0 Å². The Kier molecular flexibility index (Phi) is 4.76. The molecule has 0 atom stereocenters. The number of likely N-dealkylation sites (tertiary alicyclic amines) is 1. The number of hydrogen-bond acceptors (Lipinski definition) is 5. The Bertz CT molecular complexity index is 439. The van der Waals surface area contributed by atoms with Gasteiger partial charge in [0.05, 0.1) is 0 Å². The zero-order chi connectivity index (χ0) is 13.8. The molecule has 2 N–H and O–H groups in total. The molecule has 1 aliphatic heterocycles. The predicted molar refractivity (Wildman–Crippen MR) is 77.1 cm³/mol. The minimum atomic E-state index is -0.947. The van der Waals surface area contributed by atoms with Gasteiger partial charge in [0, 0.05) is 11.4 Å². The average Bonchev–Trinajstić information content (AvgIpc) is 2.73. The quantitative estimate of drug-likeness (QED) is 0.868. The van der Waals surface area contributed by atoms with Crippen LogP contribution in [-0.2, 0) is 0 Å². The fourth-order valence-corrected chi connectivity index (χ4v) is 3.24. The highest BCUT2D eigenvalue weighted by Gasteiger charge is 2.17. The maximum absolute atomic E-state index is 10.9. The second kappa shape index (κ2) is 6.34. The van der Waals surface area contributed by atoms with E-state index in [-0.39, 0.29) is 5.69 Å². The molecule has 106 valence electrons. The molecule has 0 amide bonds. The third kappa shape index (κ3) is 3.91. The number of aromatic carboxylic acids is 1. The molecule has 0 aromatic carbocycles. The standard InChI is InChI=1S/C13H21N3O2S/c1-9-11(12(17)18)15-13(19-9)14-6-3-10-4-7-16(2)8-5-10/h10H,3-8H2,1-2H3,(H,14,15)(H,17,18). The molecular weight excluding hydrogens is 262 g/mol. The molecule has 0 aliphatic carbocycles. The number of thiazole rings is 1. The van der Waals surface area contributed by atoms with Gasteiger partial charge in [-0.15, -0.1) is 11.3 Å². The highest BCUT2D eigenvalue weighted by atomic mass is 32.1. The lowest BCUT2D eigenvalue weighted by molar-refractivity contribution is 0.0690. The molecule has 2 rings (SSSR count). The van der Waals surface area contributed by atoms with Crippen molar-refractivity contribution in [1.82, 2.24) is 9.88 Å². The Hall–Kier alpha value is -1.14. The smallest absolute Gasteiger partial charge is 0.355 e. The lowest BCUT2D eigenvalue weighted by Crippen LogP contribution is -2.30. The van der Waals surface area contributed by atoms with E-state index in [4.69, 9.17) is 5.11 Å². The number of piperidine rings is 1. The second-order valence-electron chi connectivity index (χ2n) is 5.19. The molecule has 1 aromatic rings. The maximum Gasteiger partial charge on any atom is 0.355 e. The van der Waals surface area contributed by atoms with Gasteiger partial charge in [-0.1, -0.05) is 0 Å². The zero-order valence-electron chi connectivity index (χ0n) is 11.5. The van der Waals surface area contributed by atoms with Crippen LogP contribution in [0.2, 0.25) is 0 Å². The molecule has 6 heteroatoms. The molecule has 5 nitrogen and oxygen atoms in total. The third-order valence-electron chi connectivity index (χ3n) is 3.67. The molecule has 1 fully saturated rings. The van der Waals surface area contributed by atoms with Gasteiger partial charge in [-0.25, -0.2) is 9.78 Å². The topological polar surface area (TPSA) is 65.5 Å². The van der Waals surface area contributed by atoms with Crippen molar-refractivity contribution in [3.05, 3.63) is 10.6 Å². The van der Waals surface area contributed by atoms with Crippen LogP contribution < -0.4 is 5.32 Å². The largest absolute Gasteiger partial charge is 0.476 e. The lowest BCUT2D eigenvalue weighted by Gasteiger charge is -2.28. The van der Waals surface area contributed by atoms with Gasteiger partial charge in [-0.3, -0.25) is 0 Å². The summed E-state index contributed by atoms with van der Waals surface area (Å²) in [5.74, 6) is -0.166. The van der Waals surface area contributed by atoms with Crippen molar-refractivity contribution in [2.24, 2.45) is 5.92 Å². The van der Waals surface area contributed by atoms with Crippen LogP contribution in [0.15, 0.2) is 0 Å². The highest BCUT2D eigenvalue weighted by molar-refractivity contribution is 7.15. The monoisotopic (exact) mass is 283 g/mol. The fourth-order valence-electron chi connectivity index (χ4n) is 2.40. The first-order valence-electron chi connectivity index (χ1n) is 6.69. The van der Waals surface area contributed by atoms with Gasteiger partial charge in [-0.05, 0) is 52.2 Å². The molecule has 1 saturated heterocycles. The SMILES string of the molecule is Cc1sc(NCCC2CCN(C)CC2)nc1C(=O)O. The van der Waals surface area contributed by atoms with Gasteiger partial charge >= 0.3 is 5.97 Å². The molecule has 0 spiro atoms. The van der Waals surface area contributed by atoms with E-state index in [1.54, 1.807) is 6.92 Å². The normalized spacial score (nSPS) is 17.6. The minimum absolute atomic E-state index is 0.173. The van der Waals surface area contributed by atoms with E-state index in [2.05, 4.69) is 22.2 Å². The summed E-state index contributed by atoms with van der Waals surface area (Å²) in [5.41, 5.74) is 0.173. The van der Waals surface area contributed by atoms with Crippen molar-refractivity contribution in [3.63, 3.8) is 0 Å².